The number of ether oxygens (including phenoxy) is 3. The lowest BCUT2D eigenvalue weighted by Gasteiger charge is -2.15. The van der Waals surface area contributed by atoms with Gasteiger partial charge in [-0.15, -0.1) is 0 Å². The maximum absolute atomic E-state index is 12.1. The van der Waals surface area contributed by atoms with Gasteiger partial charge in [0.1, 0.15) is 0 Å². The maximum atomic E-state index is 12.1. The Morgan fingerprint density at radius 1 is 0.619 bits per heavy atom. The first-order valence-corrected chi connectivity index (χ1v) is 18.6. The molecule has 8 heteroatoms. The molecule has 42 heavy (non-hydrogen) atoms. The van der Waals surface area contributed by atoms with Gasteiger partial charge >= 0.3 is 17.9 Å². The average Bonchev–Trinajstić information content (AvgIpc) is 2.96. The van der Waals surface area contributed by atoms with Crippen LogP contribution >= 0.6 is 0 Å². The van der Waals surface area contributed by atoms with Gasteiger partial charge in [-0.3, -0.25) is 14.4 Å². The van der Waals surface area contributed by atoms with E-state index >= 15 is 0 Å². The lowest BCUT2D eigenvalue weighted by atomic mass is 10.1. The summed E-state index contributed by atoms with van der Waals surface area (Å²) in [6, 6.07) is 15.9. The third-order valence-electron chi connectivity index (χ3n) is 6.48. The summed E-state index contributed by atoms with van der Waals surface area (Å²) in [6.45, 7) is 7.99. The third kappa shape index (κ3) is 16.8. The molecule has 1 N–H and O–H groups in total. The monoisotopic (exact) mass is 594 g/mol. The van der Waals surface area contributed by atoms with Crippen molar-refractivity contribution >= 4 is 26.0 Å². The first-order chi connectivity index (χ1) is 20.1. The van der Waals surface area contributed by atoms with Crippen LogP contribution in [-0.2, 0) is 41.6 Å². The van der Waals surface area contributed by atoms with E-state index in [4.69, 9.17) is 19.3 Å². The van der Waals surface area contributed by atoms with Gasteiger partial charge in [-0.25, -0.2) is 0 Å². The molecule has 0 amide bonds. The summed E-state index contributed by atoms with van der Waals surface area (Å²) in [6.07, 6.45) is 5.41. The van der Waals surface area contributed by atoms with E-state index in [9.17, 15) is 14.4 Å². The Morgan fingerprint density at radius 2 is 1.07 bits per heavy atom. The Morgan fingerprint density at radius 3 is 1.55 bits per heavy atom. The second-order valence-electron chi connectivity index (χ2n) is 11.6. The standard InChI is InChI=1S/C34H46O7Si/c1-42(2,3)25-24-41-33(37)11-7-4-8-22-39-32(36)10-6-5-9-23-40-34(38)26-30-18-14-28(15-19-30)12-13-29-16-20-31(27-35)21-17-29/h14-21,35H,4-11,22-27H2,1-3H3. The fraction of sp³-hybridized carbons (Fsp3) is 0.500. The maximum Gasteiger partial charge on any atom is 0.310 e. The van der Waals surface area contributed by atoms with Gasteiger partial charge in [-0.1, -0.05) is 55.7 Å². The first kappa shape index (κ1) is 34.8. The molecule has 0 bridgehead atoms. The lowest BCUT2D eigenvalue weighted by molar-refractivity contribution is -0.145. The fourth-order valence-corrected chi connectivity index (χ4v) is 4.56. The smallest absolute Gasteiger partial charge is 0.310 e. The Hall–Kier alpha value is -3.41. The molecule has 0 radical (unpaired) electrons. The molecule has 0 aliphatic heterocycles. The van der Waals surface area contributed by atoms with Crippen LogP contribution in [0.3, 0.4) is 0 Å². The molecule has 2 rings (SSSR count). The van der Waals surface area contributed by atoms with Crippen LogP contribution in [0.2, 0.25) is 25.7 Å². The minimum Gasteiger partial charge on any atom is -0.466 e. The van der Waals surface area contributed by atoms with Gasteiger partial charge in [0.15, 0.2) is 0 Å². The molecule has 228 valence electrons. The van der Waals surface area contributed by atoms with E-state index in [1.165, 1.54) is 0 Å². The van der Waals surface area contributed by atoms with Crippen molar-refractivity contribution < 1.29 is 33.7 Å². The second kappa shape index (κ2) is 19.7. The summed E-state index contributed by atoms with van der Waals surface area (Å²) < 4.78 is 15.9. The lowest BCUT2D eigenvalue weighted by Crippen LogP contribution is -2.22. The minimum absolute atomic E-state index is 0.0114. The SMILES string of the molecule is C[Si](C)(C)CCOC(=O)CCCCCOC(=O)CCCCCOC(=O)Cc1ccc(C#Cc2ccc(CO)cc2)cc1. The van der Waals surface area contributed by atoms with Crippen molar-refractivity contribution in [3.05, 3.63) is 70.8 Å². The molecule has 0 aromatic heterocycles. The molecular weight excluding hydrogens is 548 g/mol. The number of unbranched alkanes of at least 4 members (excludes halogenated alkanes) is 4. The van der Waals surface area contributed by atoms with Crippen molar-refractivity contribution in [2.75, 3.05) is 19.8 Å². The molecule has 0 unspecified atom stereocenters. The number of esters is 3. The zero-order valence-corrected chi connectivity index (χ0v) is 26.4. The average molecular weight is 595 g/mol. The number of benzene rings is 2. The molecule has 0 aliphatic rings. The van der Waals surface area contributed by atoms with Gasteiger partial charge in [0, 0.05) is 32.0 Å². The largest absolute Gasteiger partial charge is 0.466 e. The molecule has 0 saturated carbocycles. The van der Waals surface area contributed by atoms with Gasteiger partial charge < -0.3 is 19.3 Å². The van der Waals surface area contributed by atoms with Crippen molar-refractivity contribution in [3.8, 4) is 11.8 Å². The summed E-state index contributed by atoms with van der Waals surface area (Å²) in [5.41, 5.74) is 3.42. The van der Waals surface area contributed by atoms with Crippen LogP contribution in [0.4, 0.5) is 0 Å². The highest BCUT2D eigenvalue weighted by Crippen LogP contribution is 2.10. The van der Waals surface area contributed by atoms with E-state index in [0.29, 0.717) is 45.5 Å². The number of hydrogen-bond acceptors (Lipinski definition) is 7. The van der Waals surface area contributed by atoms with Gasteiger partial charge in [-0.05, 0) is 80.0 Å². The molecule has 7 nitrogen and oxygen atoms in total. The van der Waals surface area contributed by atoms with E-state index in [2.05, 4.69) is 31.5 Å². The van der Waals surface area contributed by atoms with Gasteiger partial charge in [0.2, 0.25) is 0 Å². The highest BCUT2D eigenvalue weighted by molar-refractivity contribution is 6.76. The topological polar surface area (TPSA) is 99.1 Å². The van der Waals surface area contributed by atoms with Crippen LogP contribution in [0, 0.1) is 11.8 Å². The van der Waals surface area contributed by atoms with E-state index < -0.39 is 8.07 Å². The molecular formula is C34H46O7Si. The fourth-order valence-electron chi connectivity index (χ4n) is 3.85. The summed E-state index contributed by atoms with van der Waals surface area (Å²) >= 11 is 0. The van der Waals surface area contributed by atoms with Gasteiger partial charge in [-0.2, -0.15) is 0 Å². The van der Waals surface area contributed by atoms with Crippen molar-refractivity contribution in [2.45, 2.75) is 90.1 Å². The Bertz CT molecular complexity index is 1160. The normalized spacial score (nSPS) is 10.9. The van der Waals surface area contributed by atoms with E-state index in [-0.39, 0.29) is 30.9 Å². The highest BCUT2D eigenvalue weighted by atomic mass is 28.3. The van der Waals surface area contributed by atoms with Crippen LogP contribution < -0.4 is 0 Å². The Labute approximate surface area is 252 Å². The Kier molecular flexibility index (Phi) is 16.3. The van der Waals surface area contributed by atoms with Gasteiger partial charge in [0.25, 0.3) is 0 Å². The van der Waals surface area contributed by atoms with Crippen LogP contribution in [-0.4, -0.2) is 50.9 Å². The highest BCUT2D eigenvalue weighted by Gasteiger charge is 2.13. The second-order valence-corrected chi connectivity index (χ2v) is 17.2. The zero-order chi connectivity index (χ0) is 30.6. The zero-order valence-electron chi connectivity index (χ0n) is 25.4. The predicted molar refractivity (Wildman–Crippen MR) is 166 cm³/mol. The van der Waals surface area contributed by atoms with Crippen molar-refractivity contribution in [2.24, 2.45) is 0 Å². The predicted octanol–water partition coefficient (Wildman–Crippen LogP) is 6.21. The number of carbonyl (C=O) groups excluding carboxylic acids is 3. The van der Waals surface area contributed by atoms with E-state index in [1.807, 2.05) is 48.5 Å². The molecule has 0 heterocycles. The molecule has 0 aliphatic carbocycles. The molecule has 2 aromatic carbocycles. The number of aliphatic hydroxyl groups is 1. The van der Waals surface area contributed by atoms with Crippen LogP contribution in [0.25, 0.3) is 0 Å². The van der Waals surface area contributed by atoms with Crippen molar-refractivity contribution in [1.29, 1.82) is 0 Å². The summed E-state index contributed by atoms with van der Waals surface area (Å²) in [7, 11) is -1.18. The summed E-state index contributed by atoms with van der Waals surface area (Å²) in [5, 5.41) is 9.11. The number of aliphatic hydroxyl groups excluding tert-OH is 1. The van der Waals surface area contributed by atoms with Gasteiger partial charge in [0.05, 0.1) is 32.8 Å². The first-order valence-electron chi connectivity index (χ1n) is 14.9. The van der Waals surface area contributed by atoms with E-state index in [0.717, 1.165) is 54.0 Å². The third-order valence-corrected chi connectivity index (χ3v) is 8.19. The molecule has 0 saturated heterocycles. The molecule has 2 aromatic rings. The molecule has 0 atom stereocenters. The van der Waals surface area contributed by atoms with Crippen LogP contribution in [0.5, 0.6) is 0 Å². The van der Waals surface area contributed by atoms with Crippen molar-refractivity contribution in [3.63, 3.8) is 0 Å². The van der Waals surface area contributed by atoms with Crippen molar-refractivity contribution in [1.82, 2.24) is 0 Å². The van der Waals surface area contributed by atoms with E-state index in [1.54, 1.807) is 0 Å². The number of hydrogen-bond donors (Lipinski definition) is 1. The summed E-state index contributed by atoms with van der Waals surface area (Å²) in [4.78, 5) is 35.8. The quantitative estimate of drug-likeness (QED) is 0.0720. The summed E-state index contributed by atoms with van der Waals surface area (Å²) in [5.74, 6) is 5.54. The molecule has 0 fully saturated rings. The minimum atomic E-state index is -1.18. The van der Waals surface area contributed by atoms with Crippen LogP contribution in [0.15, 0.2) is 48.5 Å². The van der Waals surface area contributed by atoms with Crippen LogP contribution in [0.1, 0.15) is 73.6 Å². The Balaban J connectivity index is 1.46. The number of carbonyl (C=O) groups is 3. The molecule has 0 spiro atoms. The number of rotatable bonds is 18.